The average molecular weight is 465 g/mol. The Labute approximate surface area is 203 Å². The normalized spacial score (nSPS) is 31.0. The number of anilines is 1. The molecule has 0 spiro atoms. The van der Waals surface area contributed by atoms with Gasteiger partial charge in [0.15, 0.2) is 0 Å². The Morgan fingerprint density at radius 3 is 2.53 bits per heavy atom. The van der Waals surface area contributed by atoms with Gasteiger partial charge in [-0.1, -0.05) is 31.5 Å². The number of aromatic nitrogens is 3. The van der Waals surface area contributed by atoms with Gasteiger partial charge in [-0.25, -0.2) is 0 Å². The molecule has 6 heteroatoms. The molecule has 3 atom stereocenters. The Balaban J connectivity index is 1.39. The molecular weight excluding hydrogens is 424 g/mol. The fraction of sp³-hybridized carbons (Fsp3) is 0.679. The van der Waals surface area contributed by atoms with Gasteiger partial charge in [-0.15, -0.1) is 10.2 Å². The van der Waals surface area contributed by atoms with Crippen molar-refractivity contribution in [2.24, 2.45) is 17.8 Å². The van der Waals surface area contributed by atoms with Crippen molar-refractivity contribution in [1.29, 1.82) is 0 Å². The van der Waals surface area contributed by atoms with Gasteiger partial charge >= 0.3 is 0 Å². The molecule has 0 aliphatic heterocycles. The molecule has 1 aromatic carbocycles. The average Bonchev–Trinajstić information content (AvgIpc) is 3.38. The lowest BCUT2D eigenvalue weighted by molar-refractivity contribution is -0.120. The lowest BCUT2D eigenvalue weighted by Gasteiger charge is -2.36. The first-order chi connectivity index (χ1) is 16.1. The quantitative estimate of drug-likeness (QED) is 0.555. The number of hydrogen-bond donors (Lipinski definition) is 2. The topological polar surface area (TPSA) is 80.0 Å². The number of benzene rings is 1. The number of aliphatic hydroxyl groups is 1. The van der Waals surface area contributed by atoms with E-state index in [1.807, 2.05) is 26.0 Å². The summed E-state index contributed by atoms with van der Waals surface area (Å²) in [5, 5.41) is 23.6. The van der Waals surface area contributed by atoms with Crippen LogP contribution < -0.4 is 5.32 Å². The third kappa shape index (κ3) is 4.66. The standard InChI is InChI=1S/C28H40N4O2/c1-16(2)10-19-12-20(13-19)25-30-31-26(32(25)21-7-8-21)22-14-28(5,34)15-23(22)27(33)29-24-9-6-17(3)11-18(24)4/h6,9,11,16,19-23,34H,7-8,10,12-15H2,1-5H3,(H,29,33)/t19-,20+,22-,23-,28?/m0/s1. The van der Waals surface area contributed by atoms with Crippen LogP contribution in [0.4, 0.5) is 5.69 Å². The fourth-order valence-electron chi connectivity index (χ4n) is 6.40. The van der Waals surface area contributed by atoms with E-state index in [1.165, 1.54) is 24.8 Å². The van der Waals surface area contributed by atoms with Crippen LogP contribution in [0.1, 0.15) is 106 Å². The van der Waals surface area contributed by atoms with Gasteiger partial charge in [0.25, 0.3) is 0 Å². The van der Waals surface area contributed by atoms with Crippen molar-refractivity contribution in [3.05, 3.63) is 41.0 Å². The van der Waals surface area contributed by atoms with Crippen LogP contribution in [0.25, 0.3) is 0 Å². The third-order valence-corrected chi connectivity index (χ3v) is 8.18. The minimum Gasteiger partial charge on any atom is -0.390 e. The minimum atomic E-state index is -0.881. The number of aryl methyl sites for hydroxylation is 2. The highest BCUT2D eigenvalue weighted by molar-refractivity contribution is 5.94. The second-order valence-electron chi connectivity index (χ2n) is 12.1. The van der Waals surface area contributed by atoms with Crippen molar-refractivity contribution in [1.82, 2.24) is 14.8 Å². The van der Waals surface area contributed by atoms with Gasteiger partial charge in [-0.3, -0.25) is 4.79 Å². The largest absolute Gasteiger partial charge is 0.390 e. The number of carbonyl (C=O) groups excluding carboxylic acids is 1. The molecule has 0 radical (unpaired) electrons. The van der Waals surface area contributed by atoms with Crippen molar-refractivity contribution >= 4 is 11.6 Å². The molecule has 2 N–H and O–H groups in total. The lowest BCUT2D eigenvalue weighted by Crippen LogP contribution is -2.28. The summed E-state index contributed by atoms with van der Waals surface area (Å²) in [4.78, 5) is 13.5. The molecule has 184 valence electrons. The Morgan fingerprint density at radius 1 is 1.18 bits per heavy atom. The SMILES string of the molecule is Cc1ccc(NC(=O)[C@H]2CC(C)(O)C[C@@H]2c2nnc([C@H]3C[C@@H](CC(C)C)C3)n2C2CC2)c(C)c1. The summed E-state index contributed by atoms with van der Waals surface area (Å²) >= 11 is 0. The molecule has 34 heavy (non-hydrogen) atoms. The molecule has 2 aromatic rings. The first-order valence-corrected chi connectivity index (χ1v) is 13.2. The van der Waals surface area contributed by atoms with Crippen LogP contribution in [-0.2, 0) is 4.79 Å². The number of amides is 1. The molecule has 1 aromatic heterocycles. The van der Waals surface area contributed by atoms with Crippen molar-refractivity contribution < 1.29 is 9.90 Å². The van der Waals surface area contributed by atoms with Crippen molar-refractivity contribution in [2.75, 3.05) is 5.32 Å². The van der Waals surface area contributed by atoms with E-state index in [4.69, 9.17) is 10.2 Å². The summed E-state index contributed by atoms with van der Waals surface area (Å²) in [5.41, 5.74) is 2.19. The maximum Gasteiger partial charge on any atom is 0.228 e. The van der Waals surface area contributed by atoms with Gasteiger partial charge < -0.3 is 15.0 Å². The van der Waals surface area contributed by atoms with E-state index in [1.54, 1.807) is 0 Å². The maximum atomic E-state index is 13.5. The Kier molecular flexibility index (Phi) is 6.07. The predicted molar refractivity (Wildman–Crippen MR) is 134 cm³/mol. The number of nitrogens with zero attached hydrogens (tertiary/aromatic N) is 3. The Morgan fingerprint density at radius 2 is 1.88 bits per heavy atom. The zero-order chi connectivity index (χ0) is 24.2. The molecule has 1 amide bonds. The highest BCUT2D eigenvalue weighted by Crippen LogP contribution is 2.51. The molecule has 3 aliphatic carbocycles. The second-order valence-corrected chi connectivity index (χ2v) is 12.1. The van der Waals surface area contributed by atoms with Crippen LogP contribution in [-0.4, -0.2) is 31.4 Å². The number of hydrogen-bond acceptors (Lipinski definition) is 4. The zero-order valence-electron chi connectivity index (χ0n) is 21.3. The summed E-state index contributed by atoms with van der Waals surface area (Å²) in [6.07, 6.45) is 6.98. The molecular formula is C28H40N4O2. The van der Waals surface area contributed by atoms with Crippen LogP contribution in [0.2, 0.25) is 0 Å². The predicted octanol–water partition coefficient (Wildman–Crippen LogP) is 5.65. The Bertz CT molecular complexity index is 1060. The van der Waals surface area contributed by atoms with E-state index >= 15 is 0 Å². The van der Waals surface area contributed by atoms with Gasteiger partial charge in [0, 0.05) is 23.6 Å². The lowest BCUT2D eigenvalue weighted by atomic mass is 9.71. The van der Waals surface area contributed by atoms with E-state index in [0.717, 1.165) is 47.6 Å². The van der Waals surface area contributed by atoms with Crippen LogP contribution >= 0.6 is 0 Å². The van der Waals surface area contributed by atoms with Crippen LogP contribution in [0.3, 0.4) is 0 Å². The first kappa shape index (κ1) is 23.5. The number of carbonyl (C=O) groups is 1. The summed E-state index contributed by atoms with van der Waals surface area (Å²) in [5.74, 6) is 3.59. The van der Waals surface area contributed by atoms with Crippen molar-refractivity contribution in [3.8, 4) is 0 Å². The van der Waals surface area contributed by atoms with Crippen molar-refractivity contribution in [2.45, 2.75) is 103 Å². The highest BCUT2D eigenvalue weighted by atomic mass is 16.3. The second kappa shape index (κ2) is 8.78. The van der Waals surface area contributed by atoms with E-state index in [9.17, 15) is 9.90 Å². The molecule has 3 aliphatic rings. The molecule has 1 heterocycles. The van der Waals surface area contributed by atoms with Crippen LogP contribution in [0, 0.1) is 31.6 Å². The number of nitrogens with one attached hydrogen (secondary N) is 1. The molecule has 0 bridgehead atoms. The molecule has 3 saturated carbocycles. The summed E-state index contributed by atoms with van der Waals surface area (Å²) < 4.78 is 2.37. The van der Waals surface area contributed by atoms with Crippen LogP contribution in [0.5, 0.6) is 0 Å². The van der Waals surface area contributed by atoms with Crippen LogP contribution in [0.15, 0.2) is 18.2 Å². The highest BCUT2D eigenvalue weighted by Gasteiger charge is 2.49. The summed E-state index contributed by atoms with van der Waals surface area (Å²) in [6, 6.07) is 6.53. The van der Waals surface area contributed by atoms with Gasteiger partial charge in [0.2, 0.25) is 5.91 Å². The third-order valence-electron chi connectivity index (χ3n) is 8.18. The monoisotopic (exact) mass is 464 g/mol. The van der Waals surface area contributed by atoms with E-state index in [2.05, 4.69) is 36.7 Å². The van der Waals surface area contributed by atoms with E-state index < -0.39 is 5.60 Å². The molecule has 3 fully saturated rings. The van der Waals surface area contributed by atoms with E-state index in [-0.39, 0.29) is 17.7 Å². The van der Waals surface area contributed by atoms with Crippen molar-refractivity contribution in [3.63, 3.8) is 0 Å². The summed E-state index contributed by atoms with van der Waals surface area (Å²) in [7, 11) is 0. The smallest absolute Gasteiger partial charge is 0.228 e. The number of rotatable bonds is 7. The summed E-state index contributed by atoms with van der Waals surface area (Å²) in [6.45, 7) is 10.5. The fourth-order valence-corrected chi connectivity index (χ4v) is 6.40. The Hall–Kier alpha value is -2.21. The van der Waals surface area contributed by atoms with Gasteiger partial charge in [0.1, 0.15) is 11.6 Å². The first-order valence-electron chi connectivity index (χ1n) is 13.2. The molecule has 5 rings (SSSR count). The van der Waals surface area contributed by atoms with Gasteiger partial charge in [0.05, 0.1) is 11.5 Å². The van der Waals surface area contributed by atoms with E-state index in [0.29, 0.717) is 24.8 Å². The maximum absolute atomic E-state index is 13.5. The molecule has 0 saturated heterocycles. The molecule has 1 unspecified atom stereocenters. The van der Waals surface area contributed by atoms with Gasteiger partial charge in [-0.05, 0) is 89.2 Å². The minimum absolute atomic E-state index is 0.0257. The van der Waals surface area contributed by atoms with Gasteiger partial charge in [-0.2, -0.15) is 0 Å². The zero-order valence-corrected chi connectivity index (χ0v) is 21.3. The molecule has 6 nitrogen and oxygen atoms in total.